The highest BCUT2D eigenvalue weighted by atomic mass is 79.9. The minimum absolute atomic E-state index is 0.608. The molecule has 0 aliphatic heterocycles. The molecular formula is C14H10BrN5. The van der Waals surface area contributed by atoms with E-state index in [1.54, 1.807) is 16.6 Å². The van der Waals surface area contributed by atoms with E-state index in [9.17, 15) is 0 Å². The molecule has 0 fully saturated rings. The summed E-state index contributed by atoms with van der Waals surface area (Å²) in [5.41, 5.74) is 3.46. The van der Waals surface area contributed by atoms with Crippen molar-refractivity contribution in [2.24, 2.45) is 0 Å². The summed E-state index contributed by atoms with van der Waals surface area (Å²) in [6.07, 6.45) is 3.39. The lowest BCUT2D eigenvalue weighted by atomic mass is 10.2. The lowest BCUT2D eigenvalue weighted by molar-refractivity contribution is 0.905. The summed E-state index contributed by atoms with van der Waals surface area (Å²) in [5, 5.41) is 17.1. The first-order valence-electron chi connectivity index (χ1n) is 5.96. The summed E-state index contributed by atoms with van der Waals surface area (Å²) in [5.74, 6) is 0.717. The monoisotopic (exact) mass is 327 g/mol. The first kappa shape index (κ1) is 12.6. The Morgan fingerprint density at radius 2 is 2.25 bits per heavy atom. The molecule has 3 rings (SSSR count). The number of fused-ring (bicyclic) bond motifs is 1. The molecule has 6 heteroatoms. The highest BCUT2D eigenvalue weighted by molar-refractivity contribution is 9.08. The molecule has 0 aliphatic carbocycles. The van der Waals surface area contributed by atoms with Crippen molar-refractivity contribution in [1.29, 1.82) is 5.26 Å². The van der Waals surface area contributed by atoms with Crippen LogP contribution in [0.25, 0.3) is 5.52 Å². The van der Waals surface area contributed by atoms with Crippen molar-refractivity contribution in [3.05, 3.63) is 54.0 Å². The van der Waals surface area contributed by atoms with E-state index in [0.717, 1.165) is 27.9 Å². The van der Waals surface area contributed by atoms with Crippen LogP contribution in [0.4, 0.5) is 11.5 Å². The van der Waals surface area contributed by atoms with Gasteiger partial charge in [0.2, 0.25) is 0 Å². The summed E-state index contributed by atoms with van der Waals surface area (Å²) in [7, 11) is 0. The zero-order chi connectivity index (χ0) is 13.9. The van der Waals surface area contributed by atoms with Gasteiger partial charge in [0.1, 0.15) is 11.8 Å². The maximum Gasteiger partial charge on any atom is 0.158 e. The minimum Gasteiger partial charge on any atom is -0.338 e. The number of anilines is 2. The predicted octanol–water partition coefficient (Wildman–Crippen LogP) is 3.24. The van der Waals surface area contributed by atoms with Gasteiger partial charge in [0.05, 0.1) is 11.6 Å². The third-order valence-electron chi connectivity index (χ3n) is 2.94. The molecule has 2 heterocycles. The van der Waals surface area contributed by atoms with Gasteiger partial charge in [0.25, 0.3) is 0 Å². The number of nitrogens with one attached hydrogen (secondary N) is 1. The maximum atomic E-state index is 8.94. The molecule has 3 aromatic rings. The van der Waals surface area contributed by atoms with Crippen LogP contribution >= 0.6 is 15.9 Å². The first-order chi connectivity index (χ1) is 9.81. The quantitative estimate of drug-likeness (QED) is 0.750. The van der Waals surface area contributed by atoms with Crippen molar-refractivity contribution in [3.63, 3.8) is 0 Å². The molecule has 0 spiro atoms. The second kappa shape index (κ2) is 5.31. The molecule has 1 aromatic carbocycles. The van der Waals surface area contributed by atoms with Gasteiger partial charge >= 0.3 is 0 Å². The highest BCUT2D eigenvalue weighted by Crippen LogP contribution is 2.24. The van der Waals surface area contributed by atoms with Gasteiger partial charge < -0.3 is 5.32 Å². The van der Waals surface area contributed by atoms with Crippen LogP contribution in [0.15, 0.2) is 42.9 Å². The molecule has 1 N–H and O–H groups in total. The molecular weight excluding hydrogens is 318 g/mol. The van der Waals surface area contributed by atoms with Gasteiger partial charge in [-0.1, -0.05) is 22.0 Å². The van der Waals surface area contributed by atoms with Crippen molar-refractivity contribution >= 4 is 33.0 Å². The van der Waals surface area contributed by atoms with Crippen LogP contribution in [0.1, 0.15) is 11.1 Å². The number of hydrogen-bond donors (Lipinski definition) is 1. The van der Waals surface area contributed by atoms with Gasteiger partial charge in [-0.3, -0.25) is 0 Å². The average molecular weight is 328 g/mol. The Morgan fingerprint density at radius 3 is 3.05 bits per heavy atom. The van der Waals surface area contributed by atoms with E-state index in [-0.39, 0.29) is 0 Å². The van der Waals surface area contributed by atoms with Crippen molar-refractivity contribution < 1.29 is 0 Å². The largest absolute Gasteiger partial charge is 0.338 e. The third kappa shape index (κ3) is 2.24. The molecule has 0 bridgehead atoms. The molecule has 0 atom stereocenters. The number of benzene rings is 1. The van der Waals surface area contributed by atoms with Crippen LogP contribution in [0.2, 0.25) is 0 Å². The second-order valence-electron chi connectivity index (χ2n) is 4.19. The second-order valence-corrected chi connectivity index (χ2v) is 4.75. The Balaban J connectivity index is 2.06. The molecule has 0 saturated carbocycles. The Labute approximate surface area is 124 Å². The van der Waals surface area contributed by atoms with Gasteiger partial charge in [-0.05, 0) is 29.8 Å². The van der Waals surface area contributed by atoms with Crippen LogP contribution in [0, 0.1) is 11.3 Å². The fourth-order valence-corrected chi connectivity index (χ4v) is 2.47. The number of aromatic nitrogens is 3. The van der Waals surface area contributed by atoms with E-state index in [1.165, 1.54) is 6.33 Å². The number of halogens is 1. The van der Waals surface area contributed by atoms with Crippen LogP contribution < -0.4 is 5.32 Å². The van der Waals surface area contributed by atoms with Gasteiger partial charge in [-0.2, -0.15) is 10.4 Å². The Kier molecular flexibility index (Phi) is 3.35. The van der Waals surface area contributed by atoms with Crippen LogP contribution in [-0.2, 0) is 5.33 Å². The van der Waals surface area contributed by atoms with Gasteiger partial charge in [0.15, 0.2) is 5.82 Å². The lowest BCUT2D eigenvalue weighted by Gasteiger charge is -2.08. The van der Waals surface area contributed by atoms with Crippen LogP contribution in [0.3, 0.4) is 0 Å². The van der Waals surface area contributed by atoms with Gasteiger partial charge in [-0.25, -0.2) is 9.50 Å². The van der Waals surface area contributed by atoms with E-state index in [2.05, 4.69) is 37.4 Å². The van der Waals surface area contributed by atoms with E-state index >= 15 is 0 Å². The third-order valence-corrected chi connectivity index (χ3v) is 3.54. The molecule has 20 heavy (non-hydrogen) atoms. The molecule has 98 valence electrons. The van der Waals surface area contributed by atoms with E-state index < -0.39 is 0 Å². The van der Waals surface area contributed by atoms with Crippen LogP contribution in [0.5, 0.6) is 0 Å². The first-order valence-corrected chi connectivity index (χ1v) is 7.08. The van der Waals surface area contributed by atoms with E-state index in [4.69, 9.17) is 5.26 Å². The summed E-state index contributed by atoms with van der Waals surface area (Å²) in [6, 6.07) is 11.4. The van der Waals surface area contributed by atoms with Crippen molar-refractivity contribution in [2.45, 2.75) is 5.33 Å². The fourth-order valence-electron chi connectivity index (χ4n) is 2.02. The molecule has 5 nitrogen and oxygen atoms in total. The highest BCUT2D eigenvalue weighted by Gasteiger charge is 2.09. The summed E-state index contributed by atoms with van der Waals surface area (Å²) < 4.78 is 1.78. The van der Waals surface area contributed by atoms with Crippen molar-refractivity contribution in [3.8, 4) is 6.07 Å². The summed E-state index contributed by atoms with van der Waals surface area (Å²) in [6.45, 7) is 0. The number of nitrogens with zero attached hydrogens (tertiary/aromatic N) is 4. The SMILES string of the molecule is N#Cc1cccc(Nc2ncnn3ccc(CBr)c23)c1. The minimum atomic E-state index is 0.608. The zero-order valence-corrected chi connectivity index (χ0v) is 12.0. The van der Waals surface area contributed by atoms with Gasteiger partial charge in [0, 0.05) is 17.2 Å². The topological polar surface area (TPSA) is 66.0 Å². The Hall–Kier alpha value is -2.39. The molecule has 0 saturated heterocycles. The lowest BCUT2D eigenvalue weighted by Crippen LogP contribution is -2.00. The average Bonchev–Trinajstić information content (AvgIpc) is 2.92. The molecule has 0 radical (unpaired) electrons. The number of hydrogen-bond acceptors (Lipinski definition) is 4. The van der Waals surface area contributed by atoms with Crippen LogP contribution in [-0.4, -0.2) is 14.6 Å². The van der Waals surface area contributed by atoms with Gasteiger partial charge in [-0.15, -0.1) is 0 Å². The number of nitriles is 1. The predicted molar refractivity (Wildman–Crippen MR) is 80.1 cm³/mol. The smallest absolute Gasteiger partial charge is 0.158 e. The maximum absolute atomic E-state index is 8.94. The normalized spacial score (nSPS) is 10.4. The molecule has 0 aliphatic rings. The van der Waals surface area contributed by atoms with E-state index in [1.807, 2.05) is 24.4 Å². The molecule has 0 amide bonds. The van der Waals surface area contributed by atoms with Crippen molar-refractivity contribution in [2.75, 3.05) is 5.32 Å². The fraction of sp³-hybridized carbons (Fsp3) is 0.0714. The number of rotatable bonds is 3. The van der Waals surface area contributed by atoms with E-state index in [0.29, 0.717) is 5.56 Å². The summed E-state index contributed by atoms with van der Waals surface area (Å²) >= 11 is 3.46. The Morgan fingerprint density at radius 1 is 1.35 bits per heavy atom. The summed E-state index contributed by atoms with van der Waals surface area (Å²) in [4.78, 5) is 4.29. The molecule has 0 unspecified atom stereocenters. The Bertz CT molecular complexity index is 803. The number of alkyl halides is 1. The molecule has 2 aromatic heterocycles. The zero-order valence-electron chi connectivity index (χ0n) is 10.4. The van der Waals surface area contributed by atoms with Crippen molar-refractivity contribution in [1.82, 2.24) is 14.6 Å². The standard InChI is InChI=1S/C14H10BrN5/c15-7-11-4-5-20-13(11)14(17-9-18-20)19-12-3-1-2-10(6-12)8-16/h1-6,9H,7H2,(H,17,18,19).